The number of allylic oxidation sites excluding steroid dienone is 2. The number of amidine groups is 1. The number of methoxy groups -OCH3 is 1. The number of thiazole rings is 5. The van der Waals surface area contributed by atoms with Crippen LogP contribution in [0.25, 0.3) is 138 Å². The monoisotopic (exact) mass is 2280 g/mol. The molecule has 0 saturated heterocycles. The lowest BCUT2D eigenvalue weighted by Crippen LogP contribution is -2.32. The Balaban J connectivity index is 0.000000127. The average Bonchev–Trinajstić information content (AvgIpc) is 1.62. The summed E-state index contributed by atoms with van der Waals surface area (Å²) < 4.78 is 78.6. The number of thiophene rings is 5. The van der Waals surface area contributed by atoms with Crippen LogP contribution in [0.1, 0.15) is 172 Å². The van der Waals surface area contributed by atoms with Gasteiger partial charge in [0.2, 0.25) is 5.91 Å². The molecule has 5 aliphatic rings. The van der Waals surface area contributed by atoms with Gasteiger partial charge in [-0.15, -0.1) is 113 Å². The third-order valence-electron chi connectivity index (χ3n) is 24.3. The van der Waals surface area contributed by atoms with Crippen LogP contribution in [0.3, 0.4) is 0 Å². The number of nitrogen functional groups attached to an aromatic ring is 5. The van der Waals surface area contributed by atoms with Crippen molar-refractivity contribution in [3.8, 4) is 64.6 Å². The quantitative estimate of drug-likeness (QED) is 0.0177. The molecule has 4 aliphatic heterocycles. The van der Waals surface area contributed by atoms with Crippen LogP contribution in [0.4, 0.5) is 28.4 Å². The second-order valence-electron chi connectivity index (χ2n) is 35.7. The summed E-state index contributed by atoms with van der Waals surface area (Å²) >= 11 is 14.8. The van der Waals surface area contributed by atoms with Crippen molar-refractivity contribution in [3.63, 3.8) is 0 Å². The minimum atomic E-state index is -1.17. The molecule has 1 fully saturated rings. The van der Waals surface area contributed by atoms with Gasteiger partial charge in [-0.1, -0.05) is 84.6 Å². The smallest absolute Gasteiger partial charge is 0.234 e. The molecule has 1 aliphatic carbocycles. The Labute approximate surface area is 916 Å². The van der Waals surface area contributed by atoms with Gasteiger partial charge in [0.1, 0.15) is 105 Å². The number of aliphatic imine (C=N–C) groups is 4. The number of nitrogens with zero attached hydrogens (tertiary/aromatic N) is 15. The first-order valence-electron chi connectivity index (χ1n) is 48.8. The molecular weight excluding hydrogens is 2170 g/mol. The topological polar surface area (TPSA) is 471 Å². The highest BCUT2D eigenvalue weighted by atomic mass is 32.2. The normalized spacial score (nSPS) is 14.9. The number of rotatable bonds is 38. The fourth-order valence-corrected chi connectivity index (χ4v) is 33.4. The van der Waals surface area contributed by atoms with Crippen LogP contribution in [-0.2, 0) is 74.8 Å². The van der Waals surface area contributed by atoms with Crippen LogP contribution in [-0.4, -0.2) is 175 Å². The number of likely N-dealkylation sites (N-methyl/N-ethyl adjacent to an activating group) is 1. The van der Waals surface area contributed by atoms with E-state index >= 15 is 0 Å². The van der Waals surface area contributed by atoms with Gasteiger partial charge in [-0.25, -0.2) is 59.8 Å². The van der Waals surface area contributed by atoms with E-state index in [0.717, 1.165) is 253 Å². The van der Waals surface area contributed by atoms with Crippen LogP contribution in [0.15, 0.2) is 178 Å². The number of fused-ring (bicyclic) bond motifs is 5. The average molecular weight is 2280 g/mol. The number of unbranched alkanes of at least 4 members (excludes halogenated alkanes) is 4. The minimum Gasteiger partial charge on any atom is -0.481 e. The minimum absolute atomic E-state index is 0.0161. The fraction of sp³-hybridized carbons (Fsp3) is 0.337. The van der Waals surface area contributed by atoms with Crippen molar-refractivity contribution in [3.05, 3.63) is 165 Å². The number of hydrogen-bond acceptors (Lipinski definition) is 39. The molecule has 149 heavy (non-hydrogen) atoms. The van der Waals surface area contributed by atoms with Crippen molar-refractivity contribution in [2.75, 3.05) is 98.4 Å². The van der Waals surface area contributed by atoms with Crippen LogP contribution in [0, 0.1) is 5.92 Å². The number of nitrogens with two attached hydrogens (primary N) is 6. The van der Waals surface area contributed by atoms with Gasteiger partial charge < -0.3 is 54.1 Å². The van der Waals surface area contributed by atoms with Crippen molar-refractivity contribution in [1.29, 1.82) is 0 Å². The number of nitrogens with one attached hydrogen (secondary N) is 1. The lowest BCUT2D eigenvalue weighted by molar-refractivity contribution is -0.121. The lowest BCUT2D eigenvalue weighted by atomic mass is 9.98. The molecule has 0 spiro atoms. The Morgan fingerprint density at radius 1 is 0.409 bits per heavy atom. The third-order valence-corrected chi connectivity index (χ3v) is 43.2. The summed E-state index contributed by atoms with van der Waals surface area (Å²) in [6, 6.07) is 18.2. The summed E-state index contributed by atoms with van der Waals surface area (Å²) in [6.07, 6.45) is 30.9. The molecule has 30 nitrogen and oxygen atoms in total. The molecule has 21 rings (SSSR count). The number of carbonyl (C=O) groups excluding carboxylic acids is 1. The lowest BCUT2D eigenvalue weighted by Gasteiger charge is -2.11. The standard InChI is InChI=1S/C25H29N5O2S3.C21H22N4O2S3.C21H24N4O2S3.C19H20N4OS3.C18H19N5OS3/c1-4-5-12-35(32)25-22(26)21-18(13-19(29-24(21)34-25)23-27-10-11-33-23)17-8-6-16(7-9-17)14-28-20(31)15-30(2)3;1-27-6-2-8-30(26)21-18(22)17-14(13-9-15(24-11-13)12-3-4-12)10-16(25-20(17)29-21)19-23-5-7-28-19;1-3-5-9-30(26)21-18(22)17-14(13-10-16(24-12-13)27-7-4-2)11-15(25-20(17)29-21)19-23-6-8-28-19;1-3-4-7-27(24)19-16(20)15-13(12-8-11(2)22-10-12)9-14(23-18(15)26-19)17-21-5-6-25-17;1-2-3-6-27(24)18-15(20)14-11(10-7-13(19)22-9-10)8-12(23-17(14)26-18)16-21-4-5-25-16/h6-11,13H,4-5,12,14-15,26H2,1-3H3,(H,28,31);5,7,10-12H,2-4,6,8-9,22H2,1H3;6,8,11-12H,3-5,7,9-10,22H2,1-2H3;5-6,9-10H,3-4,7-8,20H2,1-2H3;4-5,8-9H,2-3,6-7,20H2,1H3,(H2,19,22). The van der Waals surface area contributed by atoms with Crippen LogP contribution in [0.2, 0.25) is 0 Å². The maximum Gasteiger partial charge on any atom is 0.234 e. The SMILES string of the molecule is CCCCS(=O)c1sc2nc(-c3nccs3)cc(-c3ccc(CNC(=O)CN(C)C)cc3)c2c1N.CCCCS(=O)c1sc2nc(-c3nccs3)cc(C3=CN=C(C)C3)c2c1N.CCCCS(=O)c1sc2nc(-c3nccs3)cc(C3=CN=C(N)C3)c2c1N.CCCCS(=O)c1sc2nc(-c3nccs3)cc(C3=CN=C(OCCC)C3)c2c1N.COCCCS(=O)c1sc2nc(-c3nccs3)cc(C3=CN=C(C4CC4)C3)c2c1N. The maximum atomic E-state index is 13.0. The molecule has 45 heteroatoms. The van der Waals surface area contributed by atoms with Gasteiger partial charge in [0, 0.05) is 189 Å². The fourth-order valence-electron chi connectivity index (χ4n) is 16.6. The van der Waals surface area contributed by atoms with Crippen molar-refractivity contribution >= 4 is 298 Å². The zero-order valence-electron chi connectivity index (χ0n) is 83.6. The summed E-state index contributed by atoms with van der Waals surface area (Å²) in [5.41, 5.74) is 58.9. The van der Waals surface area contributed by atoms with Gasteiger partial charge in [-0.3, -0.25) is 35.8 Å². The van der Waals surface area contributed by atoms with Gasteiger partial charge in [0.15, 0.2) is 5.90 Å². The first kappa shape index (κ1) is 110. The van der Waals surface area contributed by atoms with E-state index in [2.05, 4.69) is 90.9 Å². The van der Waals surface area contributed by atoms with Gasteiger partial charge in [-0.05, 0) is 170 Å². The molecule has 13 N–H and O–H groups in total. The van der Waals surface area contributed by atoms with Crippen LogP contribution in [0.5, 0.6) is 0 Å². The molecule has 16 aromatic rings. The predicted octanol–water partition coefficient (Wildman–Crippen LogP) is 24.1. The maximum absolute atomic E-state index is 13.0. The van der Waals surface area contributed by atoms with Gasteiger partial charge in [0.25, 0.3) is 0 Å². The highest BCUT2D eigenvalue weighted by Gasteiger charge is 2.34. The second-order valence-corrected chi connectivity index (χ2v) is 54.0. The Hall–Kier alpha value is -10.7. The first-order valence-corrected chi connectivity index (χ1v) is 63.8. The van der Waals surface area contributed by atoms with Crippen molar-refractivity contribution in [2.45, 2.75) is 172 Å². The Morgan fingerprint density at radius 2 is 0.745 bits per heavy atom. The van der Waals surface area contributed by atoms with E-state index in [-0.39, 0.29) is 5.91 Å². The molecule has 1 amide bonds. The Kier molecular flexibility index (Phi) is 37.6. The molecule has 778 valence electrons. The number of aromatic nitrogens is 10. The molecule has 0 radical (unpaired) electrons. The number of amides is 1. The molecule has 19 heterocycles. The van der Waals surface area contributed by atoms with E-state index in [1.54, 1.807) is 78.3 Å². The largest absolute Gasteiger partial charge is 0.481 e. The zero-order valence-corrected chi connectivity index (χ0v) is 95.8. The van der Waals surface area contributed by atoms with Crippen molar-refractivity contribution < 1.29 is 35.3 Å². The highest BCUT2D eigenvalue weighted by Crippen LogP contribution is 2.51. The van der Waals surface area contributed by atoms with E-state index < -0.39 is 54.0 Å². The summed E-state index contributed by atoms with van der Waals surface area (Å²) in [6.45, 7) is 14.5. The number of carbonyl (C=O) groups is 1. The number of anilines is 5. The van der Waals surface area contributed by atoms with Crippen molar-refractivity contribution in [2.24, 2.45) is 31.6 Å². The highest BCUT2D eigenvalue weighted by molar-refractivity contribution is 7.89. The molecule has 1 saturated carbocycles. The molecule has 0 bridgehead atoms. The molecular formula is C104H114N22O8S15. The summed E-state index contributed by atoms with van der Waals surface area (Å²) in [5, 5.41) is 21.2. The zero-order chi connectivity index (χ0) is 105. The number of ether oxygens (including phenoxy) is 2. The van der Waals surface area contributed by atoms with E-state index in [1.165, 1.54) is 97.9 Å². The van der Waals surface area contributed by atoms with E-state index in [4.69, 9.17) is 68.8 Å². The Bertz CT molecular complexity index is 7770. The van der Waals surface area contributed by atoms with E-state index in [0.29, 0.717) is 131 Å². The summed E-state index contributed by atoms with van der Waals surface area (Å²) in [5.74, 6) is 4.89. The number of pyridine rings is 5. The van der Waals surface area contributed by atoms with E-state index in [9.17, 15) is 25.8 Å². The molecule has 1 aromatic carbocycles. The van der Waals surface area contributed by atoms with Gasteiger partial charge in [0.05, 0.1) is 102 Å². The summed E-state index contributed by atoms with van der Waals surface area (Å²) in [7, 11) is -0.283. The summed E-state index contributed by atoms with van der Waals surface area (Å²) in [4.78, 5) is 81.7. The second kappa shape index (κ2) is 51.2. The predicted molar refractivity (Wildman–Crippen MR) is 633 cm³/mol. The third kappa shape index (κ3) is 25.9. The van der Waals surface area contributed by atoms with E-state index in [1.807, 2.05) is 120 Å². The van der Waals surface area contributed by atoms with Crippen molar-refractivity contribution in [1.82, 2.24) is 60.1 Å². The number of hydrogen-bond donors (Lipinski definition) is 7. The van der Waals surface area contributed by atoms with Crippen LogP contribution >= 0.6 is 113 Å². The van der Waals surface area contributed by atoms with Gasteiger partial charge in [-0.2, -0.15) is 0 Å². The first-order chi connectivity index (χ1) is 72.3. The van der Waals surface area contributed by atoms with Crippen LogP contribution < -0.4 is 39.7 Å². The molecule has 5 atom stereocenters. The van der Waals surface area contributed by atoms with Gasteiger partial charge >= 0.3 is 0 Å². The molecule has 15 aromatic heterocycles. The Morgan fingerprint density at radius 3 is 1.07 bits per heavy atom. The number of benzene rings is 1. The molecule has 5 unspecified atom stereocenters.